The smallest absolute Gasteiger partial charge is 0.315 e. The number of fused-ring (bicyclic) bond motifs is 1. The van der Waals surface area contributed by atoms with Crippen LogP contribution in [-0.4, -0.2) is 22.9 Å². The van der Waals surface area contributed by atoms with Gasteiger partial charge < -0.3 is 9.30 Å². The molecule has 2 aromatic rings. The van der Waals surface area contributed by atoms with Crippen molar-refractivity contribution in [3.8, 4) is 0 Å². The molecule has 0 N–H and O–H groups in total. The van der Waals surface area contributed by atoms with Crippen LogP contribution in [0.25, 0.3) is 6.08 Å². The number of carbonyl (C=O) groups is 2. The summed E-state index contributed by atoms with van der Waals surface area (Å²) >= 11 is 0. The van der Waals surface area contributed by atoms with Gasteiger partial charge in [-0.2, -0.15) is 0 Å². The number of ether oxygens (including phenoxy) is 1. The van der Waals surface area contributed by atoms with Gasteiger partial charge in [0.15, 0.2) is 0 Å². The number of benzene rings is 1. The molecule has 130 valence electrons. The van der Waals surface area contributed by atoms with Crippen LogP contribution in [0.15, 0.2) is 43.0 Å². The molecule has 0 saturated carbocycles. The lowest BCUT2D eigenvalue weighted by atomic mass is 10.0. The molecule has 0 radical (unpaired) electrons. The van der Waals surface area contributed by atoms with Crippen LogP contribution in [0.4, 0.5) is 0 Å². The first-order chi connectivity index (χ1) is 12.2. The minimum Gasteiger partial charge on any atom is -0.465 e. The average Bonchev–Trinajstić information content (AvgIpc) is 3.23. The topological polar surface area (TPSA) is 48.3 Å². The van der Waals surface area contributed by atoms with Gasteiger partial charge in [-0.05, 0) is 30.5 Å². The Hall–Kier alpha value is -2.62. The molecule has 1 aliphatic rings. The van der Waals surface area contributed by atoms with Crippen LogP contribution in [0.3, 0.4) is 0 Å². The van der Waals surface area contributed by atoms with Crippen LogP contribution < -0.4 is 0 Å². The third-order valence-corrected chi connectivity index (χ3v) is 4.68. The molecule has 0 saturated heterocycles. The lowest BCUT2D eigenvalue weighted by Crippen LogP contribution is -2.14. The predicted molar refractivity (Wildman–Crippen MR) is 97.6 cm³/mol. The molecule has 3 rings (SSSR count). The molecular weight excluding hydrogens is 314 g/mol. The van der Waals surface area contributed by atoms with Crippen molar-refractivity contribution >= 4 is 17.8 Å². The van der Waals surface area contributed by atoms with Gasteiger partial charge >= 0.3 is 5.97 Å². The standard InChI is InChI=1S/C21H23NO3/c1-3-5-14-25-21(24)17-12-13-22-18(17)10-11-19(22)20(23)16-8-6-15(4-2)7-9-16/h4,6-11,17H,2-3,5,12-14H2,1H3. The van der Waals surface area contributed by atoms with Crippen LogP contribution in [0.2, 0.25) is 0 Å². The summed E-state index contributed by atoms with van der Waals surface area (Å²) in [5.41, 5.74) is 3.13. The van der Waals surface area contributed by atoms with Crippen molar-refractivity contribution in [3.05, 3.63) is 65.5 Å². The highest BCUT2D eigenvalue weighted by Gasteiger charge is 2.32. The van der Waals surface area contributed by atoms with E-state index in [2.05, 4.69) is 13.5 Å². The van der Waals surface area contributed by atoms with Crippen molar-refractivity contribution in [3.63, 3.8) is 0 Å². The fourth-order valence-electron chi connectivity index (χ4n) is 3.22. The summed E-state index contributed by atoms with van der Waals surface area (Å²) in [7, 11) is 0. The molecule has 2 heterocycles. The molecule has 0 fully saturated rings. The van der Waals surface area contributed by atoms with E-state index in [1.165, 1.54) is 0 Å². The summed E-state index contributed by atoms with van der Waals surface area (Å²) in [5.74, 6) is -0.469. The van der Waals surface area contributed by atoms with Crippen molar-refractivity contribution in [1.82, 2.24) is 4.57 Å². The summed E-state index contributed by atoms with van der Waals surface area (Å²) in [6, 6.07) is 11.1. The second kappa shape index (κ2) is 7.51. The van der Waals surface area contributed by atoms with E-state index in [-0.39, 0.29) is 17.7 Å². The highest BCUT2D eigenvalue weighted by Crippen LogP contribution is 2.32. The molecular formula is C21H23NO3. The number of unbranched alkanes of at least 4 members (excludes halogenated alkanes) is 1. The third kappa shape index (κ3) is 3.43. The molecule has 1 aromatic carbocycles. The highest BCUT2D eigenvalue weighted by molar-refractivity contribution is 6.08. The molecule has 1 unspecified atom stereocenters. The number of carbonyl (C=O) groups excluding carboxylic acids is 2. The number of nitrogens with zero attached hydrogens (tertiary/aromatic N) is 1. The van der Waals surface area contributed by atoms with Crippen LogP contribution in [0.1, 0.15) is 59.4 Å². The van der Waals surface area contributed by atoms with Crippen molar-refractivity contribution in [2.75, 3.05) is 6.61 Å². The largest absolute Gasteiger partial charge is 0.465 e. The van der Waals surface area contributed by atoms with E-state index in [0.29, 0.717) is 30.8 Å². The van der Waals surface area contributed by atoms with Crippen molar-refractivity contribution in [2.24, 2.45) is 0 Å². The number of aromatic nitrogens is 1. The van der Waals surface area contributed by atoms with Crippen LogP contribution in [-0.2, 0) is 16.1 Å². The SMILES string of the molecule is C=Cc1ccc(C(=O)c2ccc3n2CCC3C(=O)OCCCC)cc1. The fraction of sp³-hybridized carbons (Fsp3) is 0.333. The van der Waals surface area contributed by atoms with Crippen molar-refractivity contribution in [1.29, 1.82) is 0 Å². The molecule has 25 heavy (non-hydrogen) atoms. The Morgan fingerprint density at radius 3 is 2.68 bits per heavy atom. The molecule has 1 aliphatic heterocycles. The van der Waals surface area contributed by atoms with E-state index in [4.69, 9.17) is 4.74 Å². The molecule has 0 bridgehead atoms. The molecule has 0 amide bonds. The summed E-state index contributed by atoms with van der Waals surface area (Å²) < 4.78 is 7.31. The Morgan fingerprint density at radius 2 is 2.00 bits per heavy atom. The second-order valence-electron chi connectivity index (χ2n) is 6.31. The molecule has 4 nitrogen and oxygen atoms in total. The average molecular weight is 337 g/mol. The van der Waals surface area contributed by atoms with Crippen LogP contribution in [0, 0.1) is 0 Å². The van der Waals surface area contributed by atoms with Gasteiger partial charge in [-0.25, -0.2) is 0 Å². The Balaban J connectivity index is 1.77. The van der Waals surface area contributed by atoms with Gasteiger partial charge in [0.1, 0.15) is 0 Å². The zero-order chi connectivity index (χ0) is 17.8. The predicted octanol–water partition coefficient (Wildman–Crippen LogP) is 4.19. The van der Waals surface area contributed by atoms with E-state index in [0.717, 1.165) is 24.1 Å². The Labute approximate surface area is 148 Å². The van der Waals surface area contributed by atoms with Gasteiger partial charge in [-0.1, -0.05) is 50.3 Å². The first-order valence-electron chi connectivity index (χ1n) is 8.79. The third-order valence-electron chi connectivity index (χ3n) is 4.68. The number of rotatable bonds is 7. The van der Waals surface area contributed by atoms with Crippen LogP contribution in [0.5, 0.6) is 0 Å². The maximum Gasteiger partial charge on any atom is 0.315 e. The molecule has 1 aromatic heterocycles. The van der Waals surface area contributed by atoms with E-state index in [1.54, 1.807) is 6.08 Å². The zero-order valence-corrected chi connectivity index (χ0v) is 14.5. The normalized spacial score (nSPS) is 15.6. The first-order valence-corrected chi connectivity index (χ1v) is 8.79. The Kier molecular flexibility index (Phi) is 5.17. The molecule has 4 heteroatoms. The lowest BCUT2D eigenvalue weighted by Gasteiger charge is -2.09. The van der Waals surface area contributed by atoms with Crippen molar-refractivity contribution in [2.45, 2.75) is 38.6 Å². The zero-order valence-electron chi connectivity index (χ0n) is 14.5. The van der Waals surface area contributed by atoms with Crippen LogP contribution >= 0.6 is 0 Å². The Bertz CT molecular complexity index is 786. The lowest BCUT2D eigenvalue weighted by molar-refractivity contribution is -0.145. The van der Waals surface area contributed by atoms with Crippen molar-refractivity contribution < 1.29 is 14.3 Å². The summed E-state index contributed by atoms with van der Waals surface area (Å²) in [6.45, 7) is 6.92. The van der Waals surface area contributed by atoms with Gasteiger partial charge in [-0.3, -0.25) is 9.59 Å². The second-order valence-corrected chi connectivity index (χ2v) is 6.31. The van der Waals surface area contributed by atoms with Gasteiger partial charge in [0.25, 0.3) is 0 Å². The molecule has 0 spiro atoms. The maximum atomic E-state index is 12.8. The fourth-order valence-corrected chi connectivity index (χ4v) is 3.22. The van der Waals surface area contributed by atoms with E-state index >= 15 is 0 Å². The minimum atomic E-state index is -0.262. The van der Waals surface area contributed by atoms with Gasteiger partial charge in [0, 0.05) is 17.8 Å². The molecule has 1 atom stereocenters. The summed E-state index contributed by atoms with van der Waals surface area (Å²) in [5, 5.41) is 0. The summed E-state index contributed by atoms with van der Waals surface area (Å²) in [6.07, 6.45) is 4.32. The number of esters is 1. The Morgan fingerprint density at radius 1 is 1.24 bits per heavy atom. The minimum absolute atomic E-state index is 0.0261. The molecule has 0 aliphatic carbocycles. The first kappa shape index (κ1) is 17.2. The summed E-state index contributed by atoms with van der Waals surface area (Å²) in [4.78, 5) is 25.1. The van der Waals surface area contributed by atoms with Gasteiger partial charge in [0.2, 0.25) is 5.78 Å². The number of hydrogen-bond donors (Lipinski definition) is 0. The van der Waals surface area contributed by atoms with Gasteiger partial charge in [0.05, 0.1) is 18.2 Å². The quantitative estimate of drug-likeness (QED) is 0.432. The highest BCUT2D eigenvalue weighted by atomic mass is 16.5. The monoisotopic (exact) mass is 337 g/mol. The van der Waals surface area contributed by atoms with E-state index in [9.17, 15) is 9.59 Å². The van der Waals surface area contributed by atoms with Gasteiger partial charge in [-0.15, -0.1) is 0 Å². The number of hydrogen-bond acceptors (Lipinski definition) is 3. The number of ketones is 1. The van der Waals surface area contributed by atoms with E-state index in [1.807, 2.05) is 41.0 Å². The maximum absolute atomic E-state index is 12.8. The van der Waals surface area contributed by atoms with E-state index < -0.39 is 0 Å².